The number of carbonyl (C=O) groups is 1. The van der Waals surface area contributed by atoms with Crippen LogP contribution in [-0.4, -0.2) is 30.6 Å². The smallest absolute Gasteiger partial charge is 0.272 e. The van der Waals surface area contributed by atoms with Crippen molar-refractivity contribution >= 4 is 11.6 Å². The van der Waals surface area contributed by atoms with Crippen LogP contribution in [0.15, 0.2) is 18.2 Å². The first kappa shape index (κ1) is 16.0. The summed E-state index contributed by atoms with van der Waals surface area (Å²) in [7, 11) is 1.53. The van der Waals surface area contributed by atoms with Gasteiger partial charge in [0.15, 0.2) is 0 Å². The monoisotopic (exact) mass is 284 g/mol. The van der Waals surface area contributed by atoms with Crippen molar-refractivity contribution in [1.82, 2.24) is 5.32 Å². The third kappa shape index (κ3) is 3.99. The van der Waals surface area contributed by atoms with Crippen molar-refractivity contribution in [1.29, 1.82) is 0 Å². The van der Waals surface area contributed by atoms with Crippen LogP contribution in [0.4, 0.5) is 10.1 Å². The summed E-state index contributed by atoms with van der Waals surface area (Å²) < 4.78 is 18.8. The molecule has 1 rings (SSSR count). The number of nitro benzene ring substituents is 1. The average molecular weight is 284 g/mol. The molecule has 7 heteroatoms. The largest absolute Gasteiger partial charge is 0.379 e. The molecule has 0 aliphatic heterocycles. The normalized spacial score (nSPS) is 12.2. The number of halogens is 1. The molecule has 6 nitrogen and oxygen atoms in total. The lowest BCUT2D eigenvalue weighted by atomic mass is 10.1. The first-order valence-corrected chi connectivity index (χ1v) is 6.11. The Morgan fingerprint density at radius 1 is 1.50 bits per heavy atom. The summed E-state index contributed by atoms with van der Waals surface area (Å²) in [5.41, 5.74) is -0.620. The van der Waals surface area contributed by atoms with E-state index in [1.54, 1.807) is 0 Å². The van der Waals surface area contributed by atoms with Crippen molar-refractivity contribution in [3.63, 3.8) is 0 Å². The summed E-state index contributed by atoms with van der Waals surface area (Å²) in [6.07, 6.45) is -0.181. The summed E-state index contributed by atoms with van der Waals surface area (Å²) in [5, 5.41) is 13.0. The van der Waals surface area contributed by atoms with Crippen LogP contribution in [0.1, 0.15) is 24.2 Å². The Hall–Kier alpha value is -2.02. The van der Waals surface area contributed by atoms with E-state index < -0.39 is 22.3 Å². The van der Waals surface area contributed by atoms with Gasteiger partial charge >= 0.3 is 0 Å². The van der Waals surface area contributed by atoms with Gasteiger partial charge in [-0.05, 0) is 12.0 Å². The van der Waals surface area contributed by atoms with E-state index in [9.17, 15) is 19.3 Å². The zero-order valence-electron chi connectivity index (χ0n) is 11.6. The van der Waals surface area contributed by atoms with Gasteiger partial charge in [0.2, 0.25) is 0 Å². The lowest BCUT2D eigenvalue weighted by Crippen LogP contribution is -2.36. The lowest BCUT2D eigenvalue weighted by Gasteiger charge is -2.19. The Labute approximate surface area is 116 Å². The summed E-state index contributed by atoms with van der Waals surface area (Å²) in [6.45, 7) is 4.11. The van der Waals surface area contributed by atoms with Crippen LogP contribution in [0.5, 0.6) is 0 Å². The Balaban J connectivity index is 2.75. The first-order valence-electron chi connectivity index (χ1n) is 6.11. The molecule has 1 aromatic rings. The molecule has 0 aliphatic rings. The number of nitrogens with one attached hydrogen (secondary N) is 1. The number of rotatable bonds is 6. The Morgan fingerprint density at radius 3 is 2.60 bits per heavy atom. The Morgan fingerprint density at radius 2 is 2.15 bits per heavy atom. The predicted molar refractivity (Wildman–Crippen MR) is 71.0 cm³/mol. The van der Waals surface area contributed by atoms with Gasteiger partial charge in [-0.3, -0.25) is 14.9 Å². The van der Waals surface area contributed by atoms with Crippen molar-refractivity contribution in [3.05, 3.63) is 39.7 Å². The number of carbonyl (C=O) groups excluding carboxylic acids is 1. The van der Waals surface area contributed by atoms with Crippen molar-refractivity contribution in [3.8, 4) is 0 Å². The molecule has 0 heterocycles. The zero-order chi connectivity index (χ0) is 15.3. The minimum atomic E-state index is -0.921. The number of amides is 1. The van der Waals surface area contributed by atoms with Crippen molar-refractivity contribution in [2.45, 2.75) is 20.0 Å². The molecule has 1 amide bonds. The lowest BCUT2D eigenvalue weighted by molar-refractivity contribution is -0.385. The van der Waals surface area contributed by atoms with Gasteiger partial charge in [0.1, 0.15) is 5.82 Å². The van der Waals surface area contributed by atoms with Crippen LogP contribution in [0.25, 0.3) is 0 Å². The number of benzene rings is 1. The maximum absolute atomic E-state index is 13.6. The number of non-ortho nitro benzene ring substituents is 1. The van der Waals surface area contributed by atoms with Gasteiger partial charge in [-0.2, -0.15) is 0 Å². The van der Waals surface area contributed by atoms with Crippen LogP contribution in [0.3, 0.4) is 0 Å². The van der Waals surface area contributed by atoms with E-state index in [1.165, 1.54) is 7.11 Å². The average Bonchev–Trinajstić information content (AvgIpc) is 2.38. The van der Waals surface area contributed by atoms with E-state index in [4.69, 9.17) is 4.74 Å². The summed E-state index contributed by atoms with van der Waals surface area (Å²) in [4.78, 5) is 21.6. The van der Waals surface area contributed by atoms with Crippen LogP contribution >= 0.6 is 0 Å². The second-order valence-corrected chi connectivity index (χ2v) is 4.65. The predicted octanol–water partition coefficient (Wildman–Crippen LogP) is 2.13. The molecule has 0 fully saturated rings. The molecule has 110 valence electrons. The van der Waals surface area contributed by atoms with E-state index in [2.05, 4.69) is 5.32 Å². The highest BCUT2D eigenvalue weighted by atomic mass is 19.1. The van der Waals surface area contributed by atoms with E-state index in [1.807, 2.05) is 13.8 Å². The third-order valence-corrected chi connectivity index (χ3v) is 2.92. The maximum Gasteiger partial charge on any atom is 0.272 e. The van der Waals surface area contributed by atoms with E-state index in [-0.39, 0.29) is 24.1 Å². The molecule has 20 heavy (non-hydrogen) atoms. The third-order valence-electron chi connectivity index (χ3n) is 2.92. The van der Waals surface area contributed by atoms with E-state index in [0.29, 0.717) is 0 Å². The molecule has 0 unspecified atom stereocenters. The van der Waals surface area contributed by atoms with Gasteiger partial charge in [0, 0.05) is 19.7 Å². The molecular formula is C13H17FN2O4. The van der Waals surface area contributed by atoms with Gasteiger partial charge in [0.25, 0.3) is 11.6 Å². The molecule has 0 spiro atoms. The van der Waals surface area contributed by atoms with Crippen LogP contribution in [-0.2, 0) is 4.74 Å². The summed E-state index contributed by atoms with van der Waals surface area (Å²) in [6, 6.07) is 2.92. The Bertz CT molecular complexity index is 505. The van der Waals surface area contributed by atoms with Gasteiger partial charge in [-0.1, -0.05) is 13.8 Å². The molecule has 0 aromatic heterocycles. The van der Waals surface area contributed by atoms with Crippen LogP contribution in [0.2, 0.25) is 0 Å². The van der Waals surface area contributed by atoms with Crippen LogP contribution < -0.4 is 5.32 Å². The molecule has 1 atom stereocenters. The first-order chi connectivity index (χ1) is 9.36. The summed E-state index contributed by atoms with van der Waals surface area (Å²) >= 11 is 0. The number of hydrogen-bond donors (Lipinski definition) is 1. The molecular weight excluding hydrogens is 267 g/mol. The van der Waals surface area contributed by atoms with Gasteiger partial charge in [-0.25, -0.2) is 4.39 Å². The standard InChI is InChI=1S/C13H17FN2O4/c1-8(2)12(20-3)7-15-13(17)10-5-4-9(16(18)19)6-11(10)14/h4-6,8,12H,7H2,1-3H3,(H,15,17)/t12-/m1/s1. The van der Waals surface area contributed by atoms with Gasteiger partial charge < -0.3 is 10.1 Å². The highest BCUT2D eigenvalue weighted by molar-refractivity contribution is 5.94. The second-order valence-electron chi connectivity index (χ2n) is 4.65. The number of nitrogens with zero attached hydrogens (tertiary/aromatic N) is 1. The highest BCUT2D eigenvalue weighted by Crippen LogP contribution is 2.16. The highest BCUT2D eigenvalue weighted by Gasteiger charge is 2.18. The number of hydrogen-bond acceptors (Lipinski definition) is 4. The number of nitro groups is 1. The Kier molecular flexibility index (Phi) is 5.57. The van der Waals surface area contributed by atoms with E-state index in [0.717, 1.165) is 18.2 Å². The summed E-state index contributed by atoms with van der Waals surface area (Å²) in [5.74, 6) is -1.35. The molecule has 0 aliphatic carbocycles. The number of methoxy groups -OCH3 is 1. The second kappa shape index (κ2) is 6.95. The number of ether oxygens (including phenoxy) is 1. The quantitative estimate of drug-likeness (QED) is 0.641. The van der Waals surface area contributed by atoms with Gasteiger partial charge in [0.05, 0.1) is 22.7 Å². The molecule has 1 N–H and O–H groups in total. The SMILES string of the molecule is CO[C@H](CNC(=O)c1ccc([N+](=O)[O-])cc1F)C(C)C. The van der Waals surface area contributed by atoms with E-state index >= 15 is 0 Å². The fraction of sp³-hybridized carbons (Fsp3) is 0.462. The van der Waals surface area contributed by atoms with Crippen molar-refractivity contribution in [2.24, 2.45) is 5.92 Å². The molecule has 0 saturated carbocycles. The van der Waals surface area contributed by atoms with Crippen LogP contribution in [0, 0.1) is 21.8 Å². The molecule has 0 radical (unpaired) electrons. The topological polar surface area (TPSA) is 81.5 Å². The van der Waals surface area contributed by atoms with Crippen molar-refractivity contribution in [2.75, 3.05) is 13.7 Å². The van der Waals surface area contributed by atoms with Crippen molar-refractivity contribution < 1.29 is 18.8 Å². The molecule has 0 saturated heterocycles. The molecule has 0 bridgehead atoms. The van der Waals surface area contributed by atoms with Gasteiger partial charge in [-0.15, -0.1) is 0 Å². The minimum absolute atomic E-state index is 0.181. The minimum Gasteiger partial charge on any atom is -0.379 e. The fourth-order valence-electron chi connectivity index (χ4n) is 1.68. The molecule has 1 aromatic carbocycles. The zero-order valence-corrected chi connectivity index (χ0v) is 11.6. The maximum atomic E-state index is 13.6. The fourth-order valence-corrected chi connectivity index (χ4v) is 1.68.